The zero-order valence-electron chi connectivity index (χ0n) is 14.5. The van der Waals surface area contributed by atoms with Crippen LogP contribution >= 0.6 is 0 Å². The number of amides is 2. The topological polar surface area (TPSA) is 86.7 Å². The van der Waals surface area contributed by atoms with Gasteiger partial charge in [0, 0.05) is 24.9 Å². The van der Waals surface area contributed by atoms with Crippen molar-refractivity contribution in [2.45, 2.75) is 38.1 Å². The predicted molar refractivity (Wildman–Crippen MR) is 91.6 cm³/mol. The Labute approximate surface area is 151 Å². The Kier molecular flexibility index (Phi) is 5.54. The number of piperidine rings is 1. The number of likely N-dealkylation sites (tertiary alicyclic amines) is 1. The first-order valence-corrected chi connectivity index (χ1v) is 9.03. The van der Waals surface area contributed by atoms with Crippen LogP contribution < -0.4 is 5.32 Å². The van der Waals surface area contributed by atoms with Crippen molar-refractivity contribution in [2.24, 2.45) is 11.8 Å². The van der Waals surface area contributed by atoms with Gasteiger partial charge in [0.1, 0.15) is 5.82 Å². The summed E-state index contributed by atoms with van der Waals surface area (Å²) in [5.74, 6) is -2.16. The van der Waals surface area contributed by atoms with E-state index in [0.717, 1.165) is 25.3 Å². The van der Waals surface area contributed by atoms with E-state index in [1.165, 1.54) is 18.2 Å². The molecule has 7 heteroatoms. The highest BCUT2D eigenvalue weighted by atomic mass is 19.1. The first kappa shape index (κ1) is 18.4. The van der Waals surface area contributed by atoms with Gasteiger partial charge in [-0.05, 0) is 43.4 Å². The van der Waals surface area contributed by atoms with E-state index in [4.69, 9.17) is 0 Å². The average molecular weight is 362 g/mol. The smallest absolute Gasteiger partial charge is 0.330 e. The van der Waals surface area contributed by atoms with Gasteiger partial charge in [0.25, 0.3) is 0 Å². The molecule has 6 nitrogen and oxygen atoms in total. The summed E-state index contributed by atoms with van der Waals surface area (Å²) in [4.78, 5) is 38.0. The number of carboxylic acid groups (broad SMARTS) is 1. The number of aliphatic carboxylic acids is 1. The average Bonchev–Trinajstić information content (AvgIpc) is 2.57. The fourth-order valence-electron chi connectivity index (χ4n) is 3.51. The number of nitrogens with one attached hydrogen (secondary N) is 1. The highest BCUT2D eigenvalue weighted by Gasteiger charge is 2.34. The van der Waals surface area contributed by atoms with Gasteiger partial charge in [-0.3, -0.25) is 9.59 Å². The standard InChI is InChI=1S/C19H23FN2O4/c20-15-6-2-5-14(11-15)16(19(25)26)21-17(23)12-7-9-22(10-8-12)18(24)13-3-1-4-13/h2,5-6,11-13,16H,1,3-4,7-10H2,(H,21,23)(H,25,26). The van der Waals surface area contributed by atoms with E-state index < -0.39 is 17.8 Å². The third-order valence-electron chi connectivity index (χ3n) is 5.35. The van der Waals surface area contributed by atoms with Crippen molar-refractivity contribution < 1.29 is 23.9 Å². The number of rotatable bonds is 5. The first-order valence-electron chi connectivity index (χ1n) is 9.03. The highest BCUT2D eigenvalue weighted by molar-refractivity contribution is 5.86. The molecule has 1 atom stereocenters. The lowest BCUT2D eigenvalue weighted by atomic mass is 9.83. The number of carbonyl (C=O) groups is 3. The summed E-state index contributed by atoms with van der Waals surface area (Å²) in [5.41, 5.74) is 0.198. The fraction of sp³-hybridized carbons (Fsp3) is 0.526. The molecule has 1 unspecified atom stereocenters. The molecule has 26 heavy (non-hydrogen) atoms. The van der Waals surface area contributed by atoms with Crippen molar-refractivity contribution in [3.63, 3.8) is 0 Å². The number of carboxylic acids is 1. The van der Waals surface area contributed by atoms with Gasteiger partial charge < -0.3 is 15.3 Å². The summed E-state index contributed by atoms with van der Waals surface area (Å²) >= 11 is 0. The van der Waals surface area contributed by atoms with Crippen LogP contribution in [0.3, 0.4) is 0 Å². The van der Waals surface area contributed by atoms with Crippen molar-refractivity contribution in [2.75, 3.05) is 13.1 Å². The number of hydrogen-bond donors (Lipinski definition) is 2. The van der Waals surface area contributed by atoms with E-state index in [1.807, 2.05) is 4.90 Å². The van der Waals surface area contributed by atoms with Gasteiger partial charge in [0.05, 0.1) is 0 Å². The van der Waals surface area contributed by atoms with Gasteiger partial charge in [-0.2, -0.15) is 0 Å². The highest BCUT2D eigenvalue weighted by Crippen LogP contribution is 2.30. The maximum absolute atomic E-state index is 13.4. The second kappa shape index (κ2) is 7.85. The van der Waals surface area contributed by atoms with Gasteiger partial charge in [0.15, 0.2) is 6.04 Å². The summed E-state index contributed by atoms with van der Waals surface area (Å²) in [5, 5.41) is 11.9. The molecular weight excluding hydrogens is 339 g/mol. The minimum absolute atomic E-state index is 0.143. The Morgan fingerprint density at radius 2 is 1.81 bits per heavy atom. The molecule has 1 saturated heterocycles. The van der Waals surface area contributed by atoms with Crippen LogP contribution in [-0.2, 0) is 14.4 Å². The first-order chi connectivity index (χ1) is 12.5. The minimum atomic E-state index is -1.28. The number of benzene rings is 1. The lowest BCUT2D eigenvalue weighted by Gasteiger charge is -2.36. The largest absolute Gasteiger partial charge is 0.479 e. The summed E-state index contributed by atoms with van der Waals surface area (Å²) in [7, 11) is 0. The van der Waals surface area contributed by atoms with Crippen LogP contribution in [0, 0.1) is 17.7 Å². The number of hydrogen-bond acceptors (Lipinski definition) is 3. The monoisotopic (exact) mass is 362 g/mol. The molecule has 1 aromatic rings. The van der Waals surface area contributed by atoms with Gasteiger partial charge >= 0.3 is 5.97 Å². The molecule has 2 fully saturated rings. The molecule has 1 heterocycles. The predicted octanol–water partition coefficient (Wildman–Crippen LogP) is 2.11. The van der Waals surface area contributed by atoms with Crippen LogP contribution in [0.2, 0.25) is 0 Å². The van der Waals surface area contributed by atoms with Crippen molar-refractivity contribution in [3.05, 3.63) is 35.6 Å². The molecular formula is C19H23FN2O4. The van der Waals surface area contributed by atoms with E-state index in [1.54, 1.807) is 0 Å². The van der Waals surface area contributed by atoms with Crippen LogP contribution in [0.5, 0.6) is 0 Å². The van der Waals surface area contributed by atoms with E-state index in [2.05, 4.69) is 5.32 Å². The third-order valence-corrected chi connectivity index (χ3v) is 5.35. The Hall–Kier alpha value is -2.44. The van der Waals surface area contributed by atoms with Crippen LogP contribution in [0.1, 0.15) is 43.7 Å². The number of nitrogens with zero attached hydrogens (tertiary/aromatic N) is 1. The molecule has 0 bridgehead atoms. The van der Waals surface area contributed by atoms with Gasteiger partial charge in [-0.15, -0.1) is 0 Å². The summed E-state index contributed by atoms with van der Waals surface area (Å²) in [6, 6.07) is 3.94. The van der Waals surface area contributed by atoms with Crippen molar-refractivity contribution in [3.8, 4) is 0 Å². The molecule has 1 aliphatic heterocycles. The minimum Gasteiger partial charge on any atom is -0.479 e. The molecule has 0 spiro atoms. The van der Waals surface area contributed by atoms with Crippen LogP contribution in [0.25, 0.3) is 0 Å². The van der Waals surface area contributed by atoms with Crippen molar-refractivity contribution >= 4 is 17.8 Å². The number of halogens is 1. The molecule has 2 amide bonds. The molecule has 1 saturated carbocycles. The maximum Gasteiger partial charge on any atom is 0.330 e. The second-order valence-electron chi connectivity index (χ2n) is 7.06. The van der Waals surface area contributed by atoms with Crippen molar-refractivity contribution in [1.82, 2.24) is 10.2 Å². The van der Waals surface area contributed by atoms with E-state index in [0.29, 0.717) is 25.9 Å². The molecule has 0 radical (unpaired) electrons. The molecule has 0 aromatic heterocycles. The Bertz CT molecular complexity index is 697. The number of carbonyl (C=O) groups excluding carboxylic acids is 2. The Balaban J connectivity index is 1.57. The normalized spacial score (nSPS) is 19.5. The molecule has 2 aliphatic rings. The van der Waals surface area contributed by atoms with Gasteiger partial charge in [-0.25, -0.2) is 9.18 Å². The van der Waals surface area contributed by atoms with Crippen LogP contribution in [-0.4, -0.2) is 40.9 Å². The Morgan fingerprint density at radius 3 is 2.35 bits per heavy atom. The van der Waals surface area contributed by atoms with Gasteiger partial charge in [-0.1, -0.05) is 18.6 Å². The van der Waals surface area contributed by atoms with E-state index in [-0.39, 0.29) is 29.2 Å². The van der Waals surface area contributed by atoms with Crippen LogP contribution in [0.4, 0.5) is 4.39 Å². The maximum atomic E-state index is 13.4. The molecule has 1 aliphatic carbocycles. The molecule has 2 N–H and O–H groups in total. The third kappa shape index (κ3) is 4.03. The van der Waals surface area contributed by atoms with Gasteiger partial charge in [0.2, 0.25) is 11.8 Å². The Morgan fingerprint density at radius 1 is 1.12 bits per heavy atom. The van der Waals surface area contributed by atoms with Crippen molar-refractivity contribution in [1.29, 1.82) is 0 Å². The molecule has 140 valence electrons. The quantitative estimate of drug-likeness (QED) is 0.840. The molecule has 1 aromatic carbocycles. The van der Waals surface area contributed by atoms with E-state index >= 15 is 0 Å². The summed E-state index contributed by atoms with van der Waals surface area (Å²) < 4.78 is 13.4. The van der Waals surface area contributed by atoms with E-state index in [9.17, 15) is 23.9 Å². The molecule has 3 rings (SSSR count). The summed E-state index contributed by atoms with van der Waals surface area (Å²) in [6.45, 7) is 1.04. The summed E-state index contributed by atoms with van der Waals surface area (Å²) in [6.07, 6.45) is 4.03. The SMILES string of the molecule is O=C(NC(C(=O)O)c1cccc(F)c1)C1CCN(C(=O)C2CCC2)CC1. The lowest BCUT2D eigenvalue weighted by molar-refractivity contribution is -0.144. The zero-order chi connectivity index (χ0) is 18.7. The second-order valence-corrected chi connectivity index (χ2v) is 7.06. The fourth-order valence-corrected chi connectivity index (χ4v) is 3.51. The zero-order valence-corrected chi connectivity index (χ0v) is 14.5. The van der Waals surface area contributed by atoms with Crippen LogP contribution in [0.15, 0.2) is 24.3 Å². The lowest BCUT2D eigenvalue weighted by Crippen LogP contribution is -2.47.